The predicted octanol–water partition coefficient (Wildman–Crippen LogP) is 8.57. The van der Waals surface area contributed by atoms with Crippen LogP contribution in [0.15, 0.2) is 72.8 Å². The summed E-state index contributed by atoms with van der Waals surface area (Å²) in [7, 11) is 6.84. The number of rotatable bonds is 14. The van der Waals surface area contributed by atoms with E-state index in [1.807, 2.05) is 74.5 Å². The van der Waals surface area contributed by atoms with Gasteiger partial charge in [-0.15, -0.1) is 9.24 Å². The van der Waals surface area contributed by atoms with Crippen LogP contribution in [0.1, 0.15) is 86.1 Å². The summed E-state index contributed by atoms with van der Waals surface area (Å²) < 4.78 is 17.1. The van der Waals surface area contributed by atoms with Crippen LogP contribution in [0.3, 0.4) is 0 Å². The molecule has 16 heteroatoms. The summed E-state index contributed by atoms with van der Waals surface area (Å²) in [5, 5.41) is 0. The summed E-state index contributed by atoms with van der Waals surface area (Å²) >= 11 is 13.5. The first kappa shape index (κ1) is 51.6. The van der Waals surface area contributed by atoms with Gasteiger partial charge in [-0.2, -0.15) is 0 Å². The van der Waals surface area contributed by atoms with Gasteiger partial charge in [0.05, 0.1) is 35.7 Å². The summed E-state index contributed by atoms with van der Waals surface area (Å²) in [5.41, 5.74) is 1.55. The topological polar surface area (TPSA) is 102 Å². The zero-order valence-corrected chi connectivity index (χ0v) is 39.3. The largest absolute Gasteiger partial charge is 0.463 e. The molecule has 2 aliphatic rings. The van der Waals surface area contributed by atoms with Crippen LogP contribution in [0.4, 0.5) is 0 Å². The van der Waals surface area contributed by atoms with Gasteiger partial charge in [-0.1, -0.05) is 109 Å². The Morgan fingerprint density at radius 3 is 1.64 bits per heavy atom. The lowest BCUT2D eigenvalue weighted by atomic mass is 9.92. The second-order valence-corrected chi connectivity index (χ2v) is 19.5. The Balaban J connectivity index is 0.000000471. The molecule has 0 bridgehead atoms. The maximum atomic E-state index is 13.0. The van der Waals surface area contributed by atoms with Crippen LogP contribution in [0.2, 0.25) is 0 Å². The molecule has 0 saturated carbocycles. The highest BCUT2D eigenvalue weighted by molar-refractivity contribution is 8.25. The van der Waals surface area contributed by atoms with Crippen LogP contribution in [0.25, 0.3) is 9.69 Å². The number of thiocarbonyl (C=S) groups is 2. The molecule has 0 spiro atoms. The van der Waals surface area contributed by atoms with Crippen molar-refractivity contribution in [2.45, 2.75) is 88.8 Å². The fourth-order valence-corrected chi connectivity index (χ4v) is 8.81. The summed E-state index contributed by atoms with van der Waals surface area (Å²) in [6.07, 6.45) is 3.25. The lowest BCUT2D eigenvalue weighted by Crippen LogP contribution is -2.41. The van der Waals surface area contributed by atoms with Crippen LogP contribution >= 0.6 is 57.2 Å². The highest BCUT2D eigenvalue weighted by Crippen LogP contribution is 2.39. The highest BCUT2D eigenvalue weighted by Gasteiger charge is 2.45. The number of hydrogen-bond donors (Lipinski definition) is 0. The molecule has 2 heterocycles. The molecule has 0 aliphatic carbocycles. The van der Waals surface area contributed by atoms with Gasteiger partial charge in [0.15, 0.2) is 0 Å². The monoisotopic (exact) mass is 895 g/mol. The van der Waals surface area contributed by atoms with Gasteiger partial charge < -0.3 is 24.1 Å². The maximum Gasteiger partial charge on any atom is 0.333 e. The normalized spacial score (nSPS) is 15.1. The number of likely N-dealkylation sites (tertiary alicyclic amines) is 2. The van der Waals surface area contributed by atoms with Gasteiger partial charge in [-0.25, -0.2) is 17.9 Å². The molecule has 2 radical (unpaired) electrons. The number of ether oxygens (including phenoxy) is 2. The highest BCUT2D eigenvalue weighted by atomic mass is 32.2. The number of thioether (sulfide) groups is 2. The van der Waals surface area contributed by atoms with Gasteiger partial charge in [0.25, 0.3) is 4.87 Å². The minimum atomic E-state index is -0.990. The Morgan fingerprint density at radius 2 is 1.27 bits per heavy atom. The zero-order chi connectivity index (χ0) is 45.5. The third-order valence-corrected chi connectivity index (χ3v) is 11.5. The molecule has 2 aliphatic heterocycles. The van der Waals surface area contributed by atoms with Crippen LogP contribution in [-0.2, 0) is 28.7 Å². The smallest absolute Gasteiger partial charge is 0.333 e. The summed E-state index contributed by atoms with van der Waals surface area (Å²) in [6, 6.07) is 18.8. The lowest BCUT2D eigenvalue weighted by Gasteiger charge is -2.30. The summed E-state index contributed by atoms with van der Waals surface area (Å²) in [5.74, 6) is -0.542. The maximum absolute atomic E-state index is 13.0. The number of esters is 2. The van der Waals surface area contributed by atoms with Crippen molar-refractivity contribution in [3.63, 3.8) is 0 Å². The van der Waals surface area contributed by atoms with E-state index < -0.39 is 33.1 Å². The SMILES string of the molecule is C=C(C)C(=O)OCCN1CCCC1=O.[2H]C([B])P.[C-]#[N+]C(C)(C)CC(C)(SC(=S)c1ccccc1)C(=O)OCCN1CCCC1=O.[C-]#[N+]C(C)(C)SC(=S)c1ccccc1. The van der Waals surface area contributed by atoms with Crippen LogP contribution < -0.4 is 0 Å². The van der Waals surface area contributed by atoms with Crippen molar-refractivity contribution >= 4 is 97.2 Å². The second kappa shape index (κ2) is 27.3. The molecule has 2 aromatic carbocycles. The van der Waals surface area contributed by atoms with E-state index in [9.17, 15) is 19.2 Å². The molecular weight excluding hydrogens is 839 g/mol. The number of carbonyl (C=O) groups excluding carboxylic acids is 4. The van der Waals surface area contributed by atoms with E-state index in [1.54, 1.807) is 37.5 Å². The fraction of sp³-hybridized carbons (Fsp3) is 0.488. The molecule has 2 aromatic rings. The van der Waals surface area contributed by atoms with Gasteiger partial charge in [-0.3, -0.25) is 19.2 Å². The minimum absolute atomic E-state index is 0.104. The number of carbonyl (C=O) groups is 4. The Kier molecular flexibility index (Phi) is 23.9. The first-order valence-electron chi connectivity index (χ1n) is 19.5. The average Bonchev–Trinajstić information content (AvgIpc) is 3.81. The average molecular weight is 896 g/mol. The number of benzene rings is 2. The van der Waals surface area contributed by atoms with E-state index in [1.165, 1.54) is 23.5 Å². The number of nitrogens with zero attached hydrogens (tertiary/aromatic N) is 4. The molecule has 10 nitrogen and oxygen atoms in total. The van der Waals surface area contributed by atoms with Crippen molar-refractivity contribution in [1.29, 1.82) is 0 Å². The Hall–Kier alpha value is -3.59. The molecule has 3 atom stereocenters. The van der Waals surface area contributed by atoms with Gasteiger partial charge in [0.1, 0.15) is 18.0 Å². The van der Waals surface area contributed by atoms with Crippen molar-refractivity contribution in [1.82, 2.24) is 9.80 Å². The number of amides is 2. The Bertz CT molecular complexity index is 1860. The standard InChI is InChI=1S/C21H26N2O3S2.C11H11NS2.C10H15NO3.CH4BP/c1-20(2,22-4)15-21(3,28-18(27)16-9-6-5-7-10-16)19(25)26-14-13-23-12-8-11-17(23)24;1-11(2,12-3)14-10(13)9-7-5-4-6-8-9;1-8(2)10(13)14-7-6-11-5-3-4-9(11)12;2-1-3/h5-7,9-10H,8,11-15H2,1-3H3;4-8H,1-2H3;1,3-7H2,2H3;1,3H2/i;;;1D. The molecule has 2 saturated heterocycles. The molecule has 3 unspecified atom stereocenters. The van der Waals surface area contributed by atoms with Gasteiger partial charge >= 0.3 is 11.9 Å². The third-order valence-electron chi connectivity index (χ3n) is 8.33. The van der Waals surface area contributed by atoms with Crippen molar-refractivity contribution < 1.29 is 30.0 Å². The minimum Gasteiger partial charge on any atom is -0.463 e. The Morgan fingerprint density at radius 1 is 0.847 bits per heavy atom. The van der Waals surface area contributed by atoms with E-state index in [0.29, 0.717) is 48.7 Å². The number of hydrogen-bond acceptors (Lipinski definition) is 10. The fourth-order valence-electron chi connectivity index (χ4n) is 5.39. The van der Waals surface area contributed by atoms with E-state index in [2.05, 4.69) is 25.5 Å². The first-order valence-corrected chi connectivity index (χ1v) is 22.0. The molecule has 0 N–H and O–H groups in total. The van der Waals surface area contributed by atoms with Crippen molar-refractivity contribution in [2.75, 3.05) is 45.4 Å². The van der Waals surface area contributed by atoms with E-state index in [4.69, 9.17) is 56.3 Å². The Labute approximate surface area is 376 Å². The van der Waals surface area contributed by atoms with Gasteiger partial charge in [0.2, 0.25) is 17.4 Å². The summed E-state index contributed by atoms with van der Waals surface area (Å²) in [4.78, 5) is 56.9. The molecule has 2 fully saturated rings. The van der Waals surface area contributed by atoms with Gasteiger partial charge in [-0.05, 0) is 49.6 Å². The van der Waals surface area contributed by atoms with Crippen molar-refractivity contribution in [3.05, 3.63) is 107 Å². The molecule has 316 valence electrons. The van der Waals surface area contributed by atoms with E-state index in [-0.39, 0.29) is 25.0 Å². The quantitative estimate of drug-likeness (QED) is 0.0458. The van der Waals surface area contributed by atoms with Crippen molar-refractivity contribution in [3.8, 4) is 0 Å². The third kappa shape index (κ3) is 21.0. The molecular formula is C43H56BN4O6PS4. The van der Waals surface area contributed by atoms with Crippen LogP contribution in [-0.4, -0.2) is 110 Å². The van der Waals surface area contributed by atoms with Crippen molar-refractivity contribution in [2.24, 2.45) is 0 Å². The molecule has 59 heavy (non-hydrogen) atoms. The summed E-state index contributed by atoms with van der Waals surface area (Å²) in [6.45, 7) is 31.5. The second-order valence-electron chi connectivity index (χ2n) is 14.6. The first-order chi connectivity index (χ1) is 28.1. The molecule has 0 aromatic heterocycles. The van der Waals surface area contributed by atoms with Crippen LogP contribution in [0.5, 0.6) is 0 Å². The van der Waals surface area contributed by atoms with Gasteiger partial charge in [0, 0.05) is 60.6 Å². The molecule has 4 rings (SSSR count). The van der Waals surface area contributed by atoms with Crippen LogP contribution in [0, 0.1) is 13.1 Å². The zero-order valence-electron chi connectivity index (χ0n) is 35.9. The van der Waals surface area contributed by atoms with E-state index in [0.717, 1.165) is 34.7 Å². The predicted molar refractivity (Wildman–Crippen MR) is 255 cm³/mol. The lowest BCUT2D eigenvalue weighted by molar-refractivity contribution is -0.148. The van der Waals surface area contributed by atoms with E-state index >= 15 is 0 Å². The molecule has 2 amide bonds.